The van der Waals surface area contributed by atoms with E-state index in [-0.39, 0.29) is 11.9 Å². The molecule has 1 aromatic carbocycles. The lowest BCUT2D eigenvalue weighted by Crippen LogP contribution is -2.23. The van der Waals surface area contributed by atoms with Crippen LogP contribution in [0.25, 0.3) is 11.4 Å². The number of nitrogens with one attached hydrogen (secondary N) is 1. The molecule has 3 heterocycles. The first-order valence-electron chi connectivity index (χ1n) is 8.66. The molecule has 1 atom stereocenters. The molecule has 0 amide bonds. The third-order valence-electron chi connectivity index (χ3n) is 4.70. The summed E-state index contributed by atoms with van der Waals surface area (Å²) in [5.41, 5.74) is 3.64. The second-order valence-corrected chi connectivity index (χ2v) is 6.56. The molecule has 1 aliphatic rings. The molecule has 1 saturated heterocycles. The number of ether oxygens (including phenoxy) is 1. The maximum Gasteiger partial charge on any atom is 0.136 e. The summed E-state index contributed by atoms with van der Waals surface area (Å²) in [5.74, 6) is -0.200. The Morgan fingerprint density at radius 1 is 1.27 bits per heavy atom. The molecule has 0 radical (unpaired) electrons. The van der Waals surface area contributed by atoms with Crippen LogP contribution in [-0.2, 0) is 24.9 Å². The van der Waals surface area contributed by atoms with Gasteiger partial charge in [0.15, 0.2) is 0 Å². The van der Waals surface area contributed by atoms with Crippen molar-refractivity contribution in [2.24, 2.45) is 7.05 Å². The average Bonchev–Trinajstić information content (AvgIpc) is 3.36. The van der Waals surface area contributed by atoms with Crippen LogP contribution in [0.4, 0.5) is 4.39 Å². The molecule has 26 heavy (non-hydrogen) atoms. The first kappa shape index (κ1) is 16.9. The zero-order valence-corrected chi connectivity index (χ0v) is 14.6. The van der Waals surface area contributed by atoms with Crippen molar-refractivity contribution in [2.45, 2.75) is 25.7 Å². The van der Waals surface area contributed by atoms with Gasteiger partial charge in [0.2, 0.25) is 0 Å². The molecular formula is C18H21FN6O. The van der Waals surface area contributed by atoms with Crippen molar-refractivity contribution >= 4 is 0 Å². The van der Waals surface area contributed by atoms with Gasteiger partial charge in [-0.3, -0.25) is 14.7 Å². The van der Waals surface area contributed by atoms with E-state index in [0.29, 0.717) is 6.61 Å². The van der Waals surface area contributed by atoms with Gasteiger partial charge in [0.05, 0.1) is 24.1 Å². The monoisotopic (exact) mass is 356 g/mol. The number of aryl methyl sites for hydroxylation is 1. The summed E-state index contributed by atoms with van der Waals surface area (Å²) in [7, 11) is 1.87. The van der Waals surface area contributed by atoms with E-state index in [2.05, 4.69) is 25.4 Å². The highest BCUT2D eigenvalue weighted by Gasteiger charge is 2.24. The van der Waals surface area contributed by atoms with Gasteiger partial charge >= 0.3 is 0 Å². The van der Waals surface area contributed by atoms with E-state index >= 15 is 0 Å². The predicted octanol–water partition coefficient (Wildman–Crippen LogP) is 2.14. The number of halogens is 1. The Hall–Kier alpha value is -2.58. The van der Waals surface area contributed by atoms with E-state index < -0.39 is 0 Å². The van der Waals surface area contributed by atoms with Crippen molar-refractivity contribution in [2.75, 3.05) is 13.1 Å². The molecule has 136 valence electrons. The summed E-state index contributed by atoms with van der Waals surface area (Å²) < 4.78 is 20.8. The molecule has 8 heteroatoms. The van der Waals surface area contributed by atoms with Gasteiger partial charge < -0.3 is 4.74 Å². The molecule has 0 spiro atoms. The van der Waals surface area contributed by atoms with Crippen LogP contribution < -0.4 is 0 Å². The predicted molar refractivity (Wildman–Crippen MR) is 93.5 cm³/mol. The highest BCUT2D eigenvalue weighted by Crippen LogP contribution is 2.21. The van der Waals surface area contributed by atoms with Gasteiger partial charge in [0, 0.05) is 32.9 Å². The highest BCUT2D eigenvalue weighted by molar-refractivity contribution is 5.56. The minimum atomic E-state index is -0.200. The molecule has 7 nitrogen and oxygen atoms in total. The Balaban J connectivity index is 1.32. The van der Waals surface area contributed by atoms with Gasteiger partial charge in [-0.05, 0) is 30.2 Å². The Morgan fingerprint density at radius 2 is 2.12 bits per heavy atom. The van der Waals surface area contributed by atoms with E-state index in [0.717, 1.165) is 48.7 Å². The lowest BCUT2D eigenvalue weighted by atomic mass is 10.2. The van der Waals surface area contributed by atoms with Gasteiger partial charge in [0.25, 0.3) is 0 Å². The third kappa shape index (κ3) is 3.66. The molecule has 3 aromatic rings. The molecular weight excluding hydrogens is 335 g/mol. The van der Waals surface area contributed by atoms with Crippen LogP contribution in [0.5, 0.6) is 0 Å². The Kier molecular flexibility index (Phi) is 4.77. The van der Waals surface area contributed by atoms with Crippen LogP contribution in [-0.4, -0.2) is 49.3 Å². The van der Waals surface area contributed by atoms with Gasteiger partial charge in [-0.15, -0.1) is 5.10 Å². The van der Waals surface area contributed by atoms with Crippen LogP contribution in [0.1, 0.15) is 17.7 Å². The number of H-pyrrole nitrogens is 1. The molecule has 1 unspecified atom stereocenters. The van der Waals surface area contributed by atoms with E-state index in [4.69, 9.17) is 4.74 Å². The summed E-state index contributed by atoms with van der Waals surface area (Å²) in [5, 5.41) is 15.2. The number of rotatable bonds is 6. The molecule has 1 N–H and O–H groups in total. The van der Waals surface area contributed by atoms with Crippen LogP contribution in [0.3, 0.4) is 0 Å². The van der Waals surface area contributed by atoms with Gasteiger partial charge in [-0.25, -0.2) is 4.39 Å². The lowest BCUT2D eigenvalue weighted by molar-refractivity contribution is 0.0445. The second kappa shape index (κ2) is 7.35. The first-order valence-corrected chi connectivity index (χ1v) is 8.66. The molecule has 1 aliphatic heterocycles. The first-order chi connectivity index (χ1) is 12.7. The van der Waals surface area contributed by atoms with Crippen molar-refractivity contribution in [1.29, 1.82) is 0 Å². The fraction of sp³-hybridized carbons (Fsp3) is 0.389. The number of hydrogen-bond donors (Lipinski definition) is 1. The van der Waals surface area contributed by atoms with Gasteiger partial charge in [-0.2, -0.15) is 5.10 Å². The van der Waals surface area contributed by atoms with E-state index in [1.165, 1.54) is 12.1 Å². The fourth-order valence-corrected chi connectivity index (χ4v) is 3.29. The smallest absolute Gasteiger partial charge is 0.136 e. The number of benzene rings is 1. The molecule has 1 fully saturated rings. The standard InChI is InChI=1S/C18H21FN6O/c1-24-17(6-8-20-24)18-16(21-23-22-18)12-26-15-7-9-25(11-15)10-13-2-4-14(19)5-3-13/h2-6,8,15H,7,9-12H2,1H3,(H,21,22,23). The topological polar surface area (TPSA) is 71.9 Å². The van der Waals surface area contributed by atoms with Crippen molar-refractivity contribution in [3.63, 3.8) is 0 Å². The largest absolute Gasteiger partial charge is 0.370 e. The van der Waals surface area contributed by atoms with E-state index in [9.17, 15) is 4.39 Å². The highest BCUT2D eigenvalue weighted by atomic mass is 19.1. The summed E-state index contributed by atoms with van der Waals surface area (Å²) >= 11 is 0. The Morgan fingerprint density at radius 3 is 2.88 bits per heavy atom. The van der Waals surface area contributed by atoms with Gasteiger partial charge in [-0.1, -0.05) is 17.3 Å². The average molecular weight is 356 g/mol. The number of nitrogens with zero attached hydrogens (tertiary/aromatic N) is 5. The number of likely N-dealkylation sites (tertiary alicyclic amines) is 1. The molecule has 0 aliphatic carbocycles. The normalized spacial score (nSPS) is 17.8. The lowest BCUT2D eigenvalue weighted by Gasteiger charge is -2.16. The minimum Gasteiger partial charge on any atom is -0.370 e. The molecule has 4 rings (SSSR count). The van der Waals surface area contributed by atoms with Crippen LogP contribution >= 0.6 is 0 Å². The zero-order chi connectivity index (χ0) is 17.9. The maximum atomic E-state index is 13.0. The number of aromatic amines is 1. The maximum absolute atomic E-state index is 13.0. The minimum absolute atomic E-state index is 0.165. The summed E-state index contributed by atoms with van der Waals surface area (Å²) in [6.07, 6.45) is 2.88. The third-order valence-corrected chi connectivity index (χ3v) is 4.70. The van der Waals surface area contributed by atoms with Crippen molar-refractivity contribution < 1.29 is 9.13 Å². The zero-order valence-electron chi connectivity index (χ0n) is 14.6. The van der Waals surface area contributed by atoms with Crippen molar-refractivity contribution in [3.05, 3.63) is 53.6 Å². The molecule has 0 bridgehead atoms. The van der Waals surface area contributed by atoms with Crippen molar-refractivity contribution in [3.8, 4) is 11.4 Å². The fourth-order valence-electron chi connectivity index (χ4n) is 3.29. The molecule has 0 saturated carbocycles. The van der Waals surface area contributed by atoms with E-state index in [1.54, 1.807) is 10.9 Å². The van der Waals surface area contributed by atoms with Crippen molar-refractivity contribution in [1.82, 2.24) is 30.1 Å². The SMILES string of the molecule is Cn1nccc1-c1nn[nH]c1COC1CCN(Cc2ccc(F)cc2)C1. The number of hydrogen-bond acceptors (Lipinski definition) is 5. The molecule has 2 aromatic heterocycles. The Bertz CT molecular complexity index is 859. The second-order valence-electron chi connectivity index (χ2n) is 6.56. The van der Waals surface area contributed by atoms with Crippen LogP contribution in [0, 0.1) is 5.82 Å². The van der Waals surface area contributed by atoms with Crippen LogP contribution in [0.2, 0.25) is 0 Å². The summed E-state index contributed by atoms with van der Waals surface area (Å²) in [4.78, 5) is 2.32. The Labute approximate surface area is 150 Å². The van der Waals surface area contributed by atoms with Gasteiger partial charge in [0.1, 0.15) is 11.5 Å². The number of aromatic nitrogens is 5. The quantitative estimate of drug-likeness (QED) is 0.733. The summed E-state index contributed by atoms with van der Waals surface area (Å²) in [6.45, 7) is 3.08. The van der Waals surface area contributed by atoms with Crippen LogP contribution in [0.15, 0.2) is 36.5 Å². The summed E-state index contributed by atoms with van der Waals surface area (Å²) in [6, 6.07) is 8.58. The van der Waals surface area contributed by atoms with E-state index in [1.807, 2.05) is 25.2 Å².